The van der Waals surface area contributed by atoms with Crippen molar-refractivity contribution in [3.05, 3.63) is 53.7 Å². The van der Waals surface area contributed by atoms with Gasteiger partial charge in [0.2, 0.25) is 11.8 Å². The zero-order chi connectivity index (χ0) is 20.9. The number of alkyl halides is 4. The van der Waals surface area contributed by atoms with E-state index in [1.807, 2.05) is 5.32 Å². The van der Waals surface area contributed by atoms with E-state index in [0.29, 0.717) is 0 Å². The summed E-state index contributed by atoms with van der Waals surface area (Å²) >= 11 is 5.60. The number of ketones is 1. The molecular formula is C18H15ClF3N3O3. The van der Waals surface area contributed by atoms with E-state index in [1.54, 1.807) is 12.1 Å². The monoisotopic (exact) mass is 413 g/mol. The van der Waals surface area contributed by atoms with Crippen LogP contribution in [0.4, 0.5) is 24.7 Å². The number of hydrogen-bond acceptors (Lipinski definition) is 4. The van der Waals surface area contributed by atoms with Gasteiger partial charge in [-0.1, -0.05) is 12.1 Å². The van der Waals surface area contributed by atoms with Crippen molar-refractivity contribution in [2.24, 2.45) is 0 Å². The third-order valence-corrected chi connectivity index (χ3v) is 3.73. The standard InChI is InChI=1S/C18H15ClF3N3O3/c1-10(19)17(28)25-16-11(5-4-6-12(16)18(20,21)22)13(26)9-15(27)24-14-7-2-3-8-23-14/h2-8,10H,9H2,1H3,(H,25,28)(H,23,24,27). The maximum absolute atomic E-state index is 13.3. The minimum absolute atomic E-state index is 0.189. The van der Waals surface area contributed by atoms with Gasteiger partial charge in [-0.25, -0.2) is 4.98 Å². The van der Waals surface area contributed by atoms with Crippen LogP contribution in [0.5, 0.6) is 0 Å². The first-order valence-electron chi connectivity index (χ1n) is 7.99. The van der Waals surface area contributed by atoms with E-state index < -0.39 is 52.4 Å². The number of nitrogens with one attached hydrogen (secondary N) is 2. The zero-order valence-electron chi connectivity index (χ0n) is 14.5. The summed E-state index contributed by atoms with van der Waals surface area (Å²) in [5.74, 6) is -2.39. The fraction of sp³-hybridized carbons (Fsp3) is 0.222. The third-order valence-electron chi connectivity index (χ3n) is 3.53. The summed E-state index contributed by atoms with van der Waals surface area (Å²) in [5, 5.41) is 3.27. The Labute approximate surface area is 163 Å². The number of carbonyl (C=O) groups excluding carboxylic acids is 3. The SMILES string of the molecule is CC(Cl)C(=O)Nc1c(C(=O)CC(=O)Nc2ccccn2)cccc1C(F)(F)F. The Morgan fingerprint density at radius 2 is 1.82 bits per heavy atom. The smallest absolute Gasteiger partial charge is 0.324 e. The molecule has 2 amide bonds. The number of pyridine rings is 1. The van der Waals surface area contributed by atoms with E-state index in [-0.39, 0.29) is 5.82 Å². The Kier molecular flexibility index (Phi) is 6.74. The van der Waals surface area contributed by atoms with Crippen molar-refractivity contribution in [3.63, 3.8) is 0 Å². The van der Waals surface area contributed by atoms with E-state index in [9.17, 15) is 27.6 Å². The summed E-state index contributed by atoms with van der Waals surface area (Å²) in [6, 6.07) is 7.56. The molecule has 1 aromatic carbocycles. The Bertz CT molecular complexity index is 887. The van der Waals surface area contributed by atoms with E-state index in [2.05, 4.69) is 10.3 Å². The second-order valence-electron chi connectivity index (χ2n) is 5.69. The zero-order valence-corrected chi connectivity index (χ0v) is 15.3. The molecule has 0 aliphatic heterocycles. The van der Waals surface area contributed by atoms with Crippen LogP contribution < -0.4 is 10.6 Å². The van der Waals surface area contributed by atoms with Crippen LogP contribution in [0.1, 0.15) is 29.3 Å². The Morgan fingerprint density at radius 3 is 2.39 bits per heavy atom. The summed E-state index contributed by atoms with van der Waals surface area (Å²) in [4.78, 5) is 40.2. The summed E-state index contributed by atoms with van der Waals surface area (Å²) in [7, 11) is 0. The molecule has 10 heteroatoms. The quantitative estimate of drug-likeness (QED) is 0.427. The first-order valence-corrected chi connectivity index (χ1v) is 8.42. The van der Waals surface area contributed by atoms with Gasteiger partial charge in [-0.15, -0.1) is 11.6 Å². The molecule has 0 saturated heterocycles. The van der Waals surface area contributed by atoms with Gasteiger partial charge in [-0.05, 0) is 31.2 Å². The first-order chi connectivity index (χ1) is 13.1. The lowest BCUT2D eigenvalue weighted by Crippen LogP contribution is -2.25. The van der Waals surface area contributed by atoms with Crippen molar-refractivity contribution in [2.75, 3.05) is 10.6 Å². The number of halogens is 4. The van der Waals surface area contributed by atoms with E-state index in [0.717, 1.165) is 18.2 Å². The van der Waals surface area contributed by atoms with E-state index in [4.69, 9.17) is 11.6 Å². The van der Waals surface area contributed by atoms with E-state index >= 15 is 0 Å². The molecule has 2 rings (SSSR count). The molecule has 1 atom stereocenters. The number of hydrogen-bond donors (Lipinski definition) is 2. The Hall–Kier alpha value is -2.94. The van der Waals surface area contributed by atoms with Gasteiger partial charge in [-0.3, -0.25) is 14.4 Å². The number of rotatable bonds is 6. The highest BCUT2D eigenvalue weighted by atomic mass is 35.5. The van der Waals surface area contributed by atoms with Gasteiger partial charge in [0.05, 0.1) is 17.7 Å². The minimum atomic E-state index is -4.83. The number of anilines is 2. The second kappa shape index (κ2) is 8.83. The normalized spacial score (nSPS) is 12.2. The van der Waals surface area contributed by atoms with Gasteiger partial charge in [0.1, 0.15) is 11.2 Å². The highest BCUT2D eigenvalue weighted by molar-refractivity contribution is 6.32. The molecule has 2 N–H and O–H groups in total. The number of nitrogens with zero attached hydrogens (tertiary/aromatic N) is 1. The molecule has 0 radical (unpaired) electrons. The average Bonchev–Trinajstić information content (AvgIpc) is 2.61. The van der Waals surface area contributed by atoms with Gasteiger partial charge in [0.15, 0.2) is 5.78 Å². The Balaban J connectivity index is 2.31. The lowest BCUT2D eigenvalue weighted by atomic mass is 10.0. The largest absolute Gasteiger partial charge is 0.418 e. The molecule has 0 saturated carbocycles. The van der Waals surface area contributed by atoms with Crippen LogP contribution in [0.3, 0.4) is 0 Å². The topological polar surface area (TPSA) is 88.2 Å². The molecule has 0 aliphatic rings. The molecule has 0 spiro atoms. The van der Waals surface area contributed by atoms with Gasteiger partial charge in [0.25, 0.3) is 0 Å². The molecule has 1 heterocycles. The number of para-hydroxylation sites is 1. The number of amides is 2. The van der Waals surface area contributed by atoms with Crippen molar-refractivity contribution in [2.45, 2.75) is 24.9 Å². The highest BCUT2D eigenvalue weighted by Crippen LogP contribution is 2.37. The van der Waals surface area contributed by atoms with Crippen molar-refractivity contribution >= 4 is 40.7 Å². The summed E-state index contributed by atoms with van der Waals surface area (Å²) in [6.45, 7) is 1.27. The van der Waals surface area contributed by atoms with Crippen LogP contribution in [0.2, 0.25) is 0 Å². The molecule has 1 aromatic heterocycles. The molecule has 0 bridgehead atoms. The molecule has 6 nitrogen and oxygen atoms in total. The molecular weight excluding hydrogens is 399 g/mol. The van der Waals surface area contributed by atoms with Crippen LogP contribution in [0, 0.1) is 0 Å². The van der Waals surface area contributed by atoms with Gasteiger partial charge >= 0.3 is 6.18 Å². The summed E-state index contributed by atoms with van der Waals surface area (Å²) in [6.07, 6.45) is -4.15. The summed E-state index contributed by atoms with van der Waals surface area (Å²) < 4.78 is 39.9. The van der Waals surface area contributed by atoms with Crippen molar-refractivity contribution in [1.82, 2.24) is 4.98 Å². The third kappa shape index (κ3) is 5.53. The molecule has 0 fully saturated rings. The van der Waals surface area contributed by atoms with Crippen LogP contribution in [0.25, 0.3) is 0 Å². The van der Waals surface area contributed by atoms with Gasteiger partial charge < -0.3 is 10.6 Å². The summed E-state index contributed by atoms with van der Waals surface area (Å²) in [5.41, 5.74) is -2.39. The fourth-order valence-corrected chi connectivity index (χ4v) is 2.30. The van der Waals surface area contributed by atoms with Gasteiger partial charge in [0, 0.05) is 11.8 Å². The molecule has 28 heavy (non-hydrogen) atoms. The maximum Gasteiger partial charge on any atom is 0.418 e. The number of benzene rings is 1. The van der Waals surface area contributed by atoms with Crippen molar-refractivity contribution in [1.29, 1.82) is 0 Å². The average molecular weight is 414 g/mol. The second-order valence-corrected chi connectivity index (χ2v) is 6.35. The molecule has 2 aromatic rings. The molecule has 148 valence electrons. The Morgan fingerprint density at radius 1 is 1.11 bits per heavy atom. The van der Waals surface area contributed by atoms with Crippen molar-refractivity contribution in [3.8, 4) is 0 Å². The van der Waals surface area contributed by atoms with E-state index in [1.165, 1.54) is 19.2 Å². The van der Waals surface area contributed by atoms with Crippen LogP contribution >= 0.6 is 11.6 Å². The number of Topliss-reactive ketones (excluding diaryl/α,β-unsaturated/α-hetero) is 1. The van der Waals surface area contributed by atoms with Crippen LogP contribution in [-0.2, 0) is 15.8 Å². The first kappa shape index (κ1) is 21.4. The fourth-order valence-electron chi connectivity index (χ4n) is 2.24. The number of aromatic nitrogens is 1. The predicted molar refractivity (Wildman–Crippen MR) is 97.2 cm³/mol. The van der Waals surface area contributed by atoms with Crippen LogP contribution in [-0.4, -0.2) is 28.0 Å². The number of carbonyl (C=O) groups is 3. The minimum Gasteiger partial charge on any atom is -0.324 e. The highest BCUT2D eigenvalue weighted by Gasteiger charge is 2.36. The predicted octanol–water partition coefficient (Wildman–Crippen LogP) is 3.88. The molecule has 0 aliphatic carbocycles. The lowest BCUT2D eigenvalue weighted by Gasteiger charge is -2.17. The maximum atomic E-state index is 13.3. The molecule has 1 unspecified atom stereocenters. The van der Waals surface area contributed by atoms with Crippen molar-refractivity contribution < 1.29 is 27.6 Å². The van der Waals surface area contributed by atoms with Gasteiger partial charge in [-0.2, -0.15) is 13.2 Å². The lowest BCUT2D eigenvalue weighted by molar-refractivity contribution is -0.137. The van der Waals surface area contributed by atoms with Crippen LogP contribution in [0.15, 0.2) is 42.6 Å².